The number of nitro groups is 1. The highest BCUT2D eigenvalue weighted by Gasteiger charge is 2.32. The van der Waals surface area contributed by atoms with Gasteiger partial charge in [-0.05, 0) is 31.5 Å². The summed E-state index contributed by atoms with van der Waals surface area (Å²) in [4.78, 5) is 24.6. The standard InChI is InChI=1S/C19H21N3O5S/c1-14-4-3-5-16(12-14)19(23)20-8-10-21(11-9-20)28(26,27)18-13-17(22(24)25)7-6-15(18)2/h3-7,12-13H,8-11H2,1-2H3. The normalized spacial score (nSPS) is 15.4. The lowest BCUT2D eigenvalue weighted by atomic mass is 10.1. The van der Waals surface area contributed by atoms with Crippen molar-refractivity contribution in [3.63, 3.8) is 0 Å². The van der Waals surface area contributed by atoms with E-state index in [1.807, 2.05) is 19.1 Å². The first-order valence-corrected chi connectivity index (χ1v) is 10.3. The Kier molecular flexibility index (Phi) is 5.48. The van der Waals surface area contributed by atoms with E-state index in [2.05, 4.69) is 0 Å². The molecule has 0 aliphatic carbocycles. The van der Waals surface area contributed by atoms with Crippen LogP contribution in [-0.4, -0.2) is 54.6 Å². The first kappa shape index (κ1) is 20.0. The molecule has 0 saturated carbocycles. The van der Waals surface area contributed by atoms with Gasteiger partial charge in [-0.3, -0.25) is 14.9 Å². The topological polar surface area (TPSA) is 101 Å². The summed E-state index contributed by atoms with van der Waals surface area (Å²) in [5, 5.41) is 11.0. The van der Waals surface area contributed by atoms with Crippen molar-refractivity contribution in [1.82, 2.24) is 9.21 Å². The average Bonchev–Trinajstić information content (AvgIpc) is 2.67. The quantitative estimate of drug-likeness (QED) is 0.576. The van der Waals surface area contributed by atoms with Crippen molar-refractivity contribution in [1.29, 1.82) is 0 Å². The largest absolute Gasteiger partial charge is 0.336 e. The second-order valence-electron chi connectivity index (χ2n) is 6.77. The van der Waals surface area contributed by atoms with Gasteiger partial charge in [-0.25, -0.2) is 8.42 Å². The Morgan fingerprint density at radius 2 is 1.71 bits per heavy atom. The van der Waals surface area contributed by atoms with E-state index in [0.29, 0.717) is 11.1 Å². The summed E-state index contributed by atoms with van der Waals surface area (Å²) in [5.74, 6) is -0.132. The number of carbonyl (C=O) groups excluding carboxylic acids is 1. The highest BCUT2D eigenvalue weighted by molar-refractivity contribution is 7.89. The molecular formula is C19H21N3O5S. The number of nitrogens with zero attached hydrogens (tertiary/aromatic N) is 3. The van der Waals surface area contributed by atoms with Gasteiger partial charge >= 0.3 is 0 Å². The molecule has 2 aromatic carbocycles. The molecule has 0 N–H and O–H groups in total. The number of hydrogen-bond acceptors (Lipinski definition) is 5. The first-order chi connectivity index (χ1) is 13.2. The molecule has 9 heteroatoms. The smallest absolute Gasteiger partial charge is 0.270 e. The molecule has 28 heavy (non-hydrogen) atoms. The molecule has 1 amide bonds. The third-order valence-corrected chi connectivity index (χ3v) is 6.83. The molecular weight excluding hydrogens is 382 g/mol. The van der Waals surface area contributed by atoms with E-state index >= 15 is 0 Å². The van der Waals surface area contributed by atoms with Gasteiger partial charge in [0.2, 0.25) is 10.0 Å². The number of sulfonamides is 1. The summed E-state index contributed by atoms with van der Waals surface area (Å²) in [6.45, 7) is 4.32. The third kappa shape index (κ3) is 3.90. The van der Waals surface area contributed by atoms with Crippen LogP contribution in [0.4, 0.5) is 5.69 Å². The second kappa shape index (κ2) is 7.69. The number of hydrogen-bond donors (Lipinski definition) is 0. The predicted molar refractivity (Wildman–Crippen MR) is 104 cm³/mol. The molecule has 3 rings (SSSR count). The lowest BCUT2D eigenvalue weighted by Crippen LogP contribution is -2.50. The summed E-state index contributed by atoms with van der Waals surface area (Å²) in [5.41, 5.74) is 1.74. The molecule has 0 spiro atoms. The van der Waals surface area contributed by atoms with Crippen LogP contribution in [0.1, 0.15) is 21.5 Å². The van der Waals surface area contributed by atoms with Gasteiger partial charge in [0.1, 0.15) is 0 Å². The lowest BCUT2D eigenvalue weighted by molar-refractivity contribution is -0.385. The minimum absolute atomic E-state index is 0.0693. The maximum Gasteiger partial charge on any atom is 0.270 e. The number of aryl methyl sites for hydroxylation is 2. The number of carbonyl (C=O) groups is 1. The number of amides is 1. The van der Waals surface area contributed by atoms with Crippen LogP contribution < -0.4 is 0 Å². The lowest BCUT2D eigenvalue weighted by Gasteiger charge is -2.34. The summed E-state index contributed by atoms with van der Waals surface area (Å²) >= 11 is 0. The summed E-state index contributed by atoms with van der Waals surface area (Å²) in [6.07, 6.45) is 0. The van der Waals surface area contributed by atoms with E-state index in [0.717, 1.165) is 11.6 Å². The number of nitro benzene ring substituents is 1. The fraction of sp³-hybridized carbons (Fsp3) is 0.316. The Balaban J connectivity index is 1.76. The van der Waals surface area contributed by atoms with Crippen molar-refractivity contribution in [3.8, 4) is 0 Å². The zero-order chi connectivity index (χ0) is 20.5. The van der Waals surface area contributed by atoms with Crippen LogP contribution in [0.5, 0.6) is 0 Å². The maximum atomic E-state index is 13.0. The van der Waals surface area contributed by atoms with Crippen LogP contribution in [0.2, 0.25) is 0 Å². The van der Waals surface area contributed by atoms with Gasteiger partial charge in [-0.1, -0.05) is 23.8 Å². The Morgan fingerprint density at radius 1 is 1.04 bits per heavy atom. The third-order valence-electron chi connectivity index (χ3n) is 4.79. The van der Waals surface area contributed by atoms with E-state index in [1.165, 1.54) is 16.4 Å². The number of non-ortho nitro benzene ring substituents is 1. The van der Waals surface area contributed by atoms with Gasteiger partial charge in [0.15, 0.2) is 0 Å². The Hall–Kier alpha value is -2.78. The fourth-order valence-corrected chi connectivity index (χ4v) is 4.88. The molecule has 1 saturated heterocycles. The Labute approximate surface area is 163 Å². The second-order valence-corrected chi connectivity index (χ2v) is 8.68. The summed E-state index contributed by atoms with van der Waals surface area (Å²) < 4.78 is 27.2. The molecule has 2 aromatic rings. The number of benzene rings is 2. The molecule has 1 fully saturated rings. The van der Waals surface area contributed by atoms with Crippen LogP contribution in [0, 0.1) is 24.0 Å². The van der Waals surface area contributed by atoms with Crippen molar-refractivity contribution in [3.05, 3.63) is 69.3 Å². The number of rotatable bonds is 4. The molecule has 1 aliphatic rings. The van der Waals surface area contributed by atoms with Gasteiger partial charge in [0, 0.05) is 43.9 Å². The molecule has 8 nitrogen and oxygen atoms in total. The molecule has 1 heterocycles. The van der Waals surface area contributed by atoms with Crippen molar-refractivity contribution in [2.45, 2.75) is 18.7 Å². The van der Waals surface area contributed by atoms with Crippen LogP contribution >= 0.6 is 0 Å². The Bertz CT molecular complexity index is 1030. The van der Waals surface area contributed by atoms with E-state index in [4.69, 9.17) is 0 Å². The van der Waals surface area contributed by atoms with E-state index in [-0.39, 0.29) is 42.7 Å². The monoisotopic (exact) mass is 403 g/mol. The van der Waals surface area contributed by atoms with Crippen molar-refractivity contribution in [2.75, 3.05) is 26.2 Å². The van der Waals surface area contributed by atoms with E-state index in [9.17, 15) is 23.3 Å². The van der Waals surface area contributed by atoms with E-state index in [1.54, 1.807) is 24.0 Å². The van der Waals surface area contributed by atoms with Crippen LogP contribution in [0.15, 0.2) is 47.4 Å². The SMILES string of the molecule is Cc1cccc(C(=O)N2CCN(S(=O)(=O)c3cc([N+](=O)[O-])ccc3C)CC2)c1. The van der Waals surface area contributed by atoms with Crippen molar-refractivity contribution in [2.24, 2.45) is 0 Å². The minimum atomic E-state index is -3.88. The summed E-state index contributed by atoms with van der Waals surface area (Å²) in [6, 6.07) is 11.1. The predicted octanol–water partition coefficient (Wildman–Crippen LogP) is 2.36. The minimum Gasteiger partial charge on any atom is -0.336 e. The van der Waals surface area contributed by atoms with Gasteiger partial charge in [0.25, 0.3) is 11.6 Å². The van der Waals surface area contributed by atoms with Gasteiger partial charge in [-0.15, -0.1) is 0 Å². The molecule has 148 valence electrons. The van der Waals surface area contributed by atoms with Crippen molar-refractivity contribution < 1.29 is 18.1 Å². The number of piperazine rings is 1. The molecule has 0 radical (unpaired) electrons. The summed E-state index contributed by atoms with van der Waals surface area (Å²) in [7, 11) is -3.88. The van der Waals surface area contributed by atoms with Crippen molar-refractivity contribution >= 4 is 21.6 Å². The zero-order valence-corrected chi connectivity index (χ0v) is 16.5. The average molecular weight is 403 g/mol. The molecule has 1 aliphatic heterocycles. The van der Waals surface area contributed by atoms with Gasteiger partial charge in [0.05, 0.1) is 9.82 Å². The highest BCUT2D eigenvalue weighted by Crippen LogP contribution is 2.25. The molecule has 0 aromatic heterocycles. The van der Waals surface area contributed by atoms with Gasteiger partial charge in [-0.2, -0.15) is 4.31 Å². The molecule has 0 bridgehead atoms. The first-order valence-electron chi connectivity index (χ1n) is 8.81. The maximum absolute atomic E-state index is 13.0. The van der Waals surface area contributed by atoms with Crippen LogP contribution in [0.25, 0.3) is 0 Å². The highest BCUT2D eigenvalue weighted by atomic mass is 32.2. The fourth-order valence-electron chi connectivity index (χ4n) is 3.21. The molecule has 0 unspecified atom stereocenters. The van der Waals surface area contributed by atoms with Gasteiger partial charge < -0.3 is 4.90 Å². The van der Waals surface area contributed by atoms with Crippen LogP contribution in [0.3, 0.4) is 0 Å². The zero-order valence-electron chi connectivity index (χ0n) is 15.7. The molecule has 0 atom stereocenters. The van der Waals surface area contributed by atoms with Crippen LogP contribution in [-0.2, 0) is 10.0 Å². The van der Waals surface area contributed by atoms with E-state index < -0.39 is 14.9 Å². The Morgan fingerprint density at radius 3 is 2.32 bits per heavy atom.